The number of carbonyl (C=O) groups excluding carboxylic acids is 1. The van der Waals surface area contributed by atoms with Crippen LogP contribution in [0.25, 0.3) is 0 Å². The van der Waals surface area contributed by atoms with Crippen molar-refractivity contribution in [2.45, 2.75) is 13.5 Å². The molecule has 0 radical (unpaired) electrons. The van der Waals surface area contributed by atoms with Crippen molar-refractivity contribution in [3.8, 4) is 5.88 Å². The summed E-state index contributed by atoms with van der Waals surface area (Å²) in [4.78, 5) is 11.5. The molecule has 0 bridgehead atoms. The Kier molecular flexibility index (Phi) is 5.22. The van der Waals surface area contributed by atoms with Gasteiger partial charge in [0.05, 0.1) is 22.3 Å². The largest absolute Gasteiger partial charge is 0.406 e. The van der Waals surface area contributed by atoms with Crippen LogP contribution in [0.1, 0.15) is 11.3 Å². The Labute approximate surface area is 132 Å². The van der Waals surface area contributed by atoms with E-state index < -0.39 is 5.97 Å². The molecule has 0 saturated carbocycles. The number of benzene rings is 1. The summed E-state index contributed by atoms with van der Waals surface area (Å²) in [5.41, 5.74) is 1.65. The van der Waals surface area contributed by atoms with E-state index >= 15 is 0 Å². The quantitative estimate of drug-likeness (QED) is 0.791. The molecule has 1 aromatic carbocycles. The zero-order valence-electron chi connectivity index (χ0n) is 11.6. The average molecular weight is 329 g/mol. The molecule has 0 N–H and O–H groups in total. The van der Waals surface area contributed by atoms with Gasteiger partial charge in [0.25, 0.3) is 0 Å². The molecule has 2 aromatic rings. The van der Waals surface area contributed by atoms with Crippen LogP contribution in [0.3, 0.4) is 0 Å². The Bertz CT molecular complexity index is 656. The molecular formula is C14H14Cl2N2O3. The van der Waals surface area contributed by atoms with Gasteiger partial charge in [-0.1, -0.05) is 29.3 Å². The fraction of sp³-hybridized carbons (Fsp3) is 0.286. The smallest absolute Gasteiger partial charge is 0.338 e. The van der Waals surface area contributed by atoms with Gasteiger partial charge in [-0.15, -0.1) is 0 Å². The number of esters is 1. The number of ether oxygens (including phenoxy) is 2. The minimum atomic E-state index is -0.479. The van der Waals surface area contributed by atoms with Gasteiger partial charge in [0.15, 0.2) is 0 Å². The van der Waals surface area contributed by atoms with E-state index in [0.29, 0.717) is 22.5 Å². The van der Waals surface area contributed by atoms with E-state index in [0.717, 1.165) is 11.3 Å². The highest BCUT2D eigenvalue weighted by Gasteiger charge is 2.12. The summed E-state index contributed by atoms with van der Waals surface area (Å²) in [6, 6.07) is 6.99. The first kappa shape index (κ1) is 15.8. The SMILES string of the molecule is COCC(=O)Oc1cc(C)nn1Cc1ccc(Cl)c(Cl)c1. The van der Waals surface area contributed by atoms with Gasteiger partial charge in [0, 0.05) is 13.2 Å². The maximum Gasteiger partial charge on any atom is 0.338 e. The van der Waals surface area contributed by atoms with Gasteiger partial charge < -0.3 is 9.47 Å². The molecule has 112 valence electrons. The molecule has 21 heavy (non-hydrogen) atoms. The predicted molar refractivity (Wildman–Crippen MR) is 80.0 cm³/mol. The normalized spacial score (nSPS) is 10.7. The summed E-state index contributed by atoms with van der Waals surface area (Å²) >= 11 is 11.9. The van der Waals surface area contributed by atoms with Crippen LogP contribution in [0.4, 0.5) is 0 Å². The van der Waals surface area contributed by atoms with Crippen LogP contribution in [0, 0.1) is 6.92 Å². The maximum atomic E-state index is 11.5. The van der Waals surface area contributed by atoms with Crippen molar-refractivity contribution in [2.24, 2.45) is 0 Å². The van der Waals surface area contributed by atoms with Crippen molar-refractivity contribution in [3.05, 3.63) is 45.6 Å². The third-order valence-electron chi connectivity index (χ3n) is 2.66. The van der Waals surface area contributed by atoms with Crippen molar-refractivity contribution >= 4 is 29.2 Å². The molecule has 7 heteroatoms. The minimum Gasteiger partial charge on any atom is -0.406 e. The van der Waals surface area contributed by atoms with Gasteiger partial charge in [0.1, 0.15) is 6.61 Å². The number of rotatable bonds is 5. The van der Waals surface area contributed by atoms with Gasteiger partial charge in [-0.05, 0) is 24.6 Å². The lowest BCUT2D eigenvalue weighted by Gasteiger charge is -2.08. The van der Waals surface area contributed by atoms with Crippen molar-refractivity contribution < 1.29 is 14.3 Å². The lowest BCUT2D eigenvalue weighted by atomic mass is 10.2. The van der Waals surface area contributed by atoms with Crippen molar-refractivity contribution in [3.63, 3.8) is 0 Å². The fourth-order valence-corrected chi connectivity index (χ4v) is 2.11. The highest BCUT2D eigenvalue weighted by Crippen LogP contribution is 2.24. The second-order valence-electron chi connectivity index (χ2n) is 4.44. The van der Waals surface area contributed by atoms with Crippen LogP contribution in [0.15, 0.2) is 24.3 Å². The van der Waals surface area contributed by atoms with Crippen LogP contribution in [0.2, 0.25) is 10.0 Å². The lowest BCUT2D eigenvalue weighted by Crippen LogP contribution is -2.17. The lowest BCUT2D eigenvalue weighted by molar-refractivity contribution is -0.138. The molecule has 0 saturated heterocycles. The Morgan fingerprint density at radius 1 is 1.29 bits per heavy atom. The van der Waals surface area contributed by atoms with E-state index in [1.165, 1.54) is 7.11 Å². The van der Waals surface area contributed by atoms with Gasteiger partial charge in [-0.25, -0.2) is 9.48 Å². The number of aromatic nitrogens is 2. The predicted octanol–water partition coefficient (Wildman–Crippen LogP) is 3.10. The molecule has 0 spiro atoms. The number of aryl methyl sites for hydroxylation is 1. The van der Waals surface area contributed by atoms with Crippen LogP contribution in [-0.2, 0) is 16.1 Å². The van der Waals surface area contributed by atoms with Gasteiger partial charge in [0.2, 0.25) is 5.88 Å². The second-order valence-corrected chi connectivity index (χ2v) is 5.25. The molecule has 0 atom stereocenters. The molecule has 1 aromatic heterocycles. The molecule has 2 rings (SSSR count). The van der Waals surface area contributed by atoms with Crippen molar-refractivity contribution in [2.75, 3.05) is 13.7 Å². The summed E-state index contributed by atoms with van der Waals surface area (Å²) in [7, 11) is 1.43. The molecule has 0 fully saturated rings. The van der Waals surface area contributed by atoms with E-state index in [2.05, 4.69) is 5.10 Å². The topological polar surface area (TPSA) is 53.4 Å². The van der Waals surface area contributed by atoms with Crippen LogP contribution < -0.4 is 4.74 Å². The standard InChI is InChI=1S/C14H14Cl2N2O3/c1-9-5-13(21-14(19)8-20-2)18(17-9)7-10-3-4-11(15)12(16)6-10/h3-6H,7-8H2,1-2H3. The number of nitrogens with zero attached hydrogens (tertiary/aromatic N) is 2. The monoisotopic (exact) mass is 328 g/mol. The van der Waals surface area contributed by atoms with E-state index in [1.807, 2.05) is 13.0 Å². The highest BCUT2D eigenvalue weighted by molar-refractivity contribution is 6.42. The molecule has 5 nitrogen and oxygen atoms in total. The highest BCUT2D eigenvalue weighted by atomic mass is 35.5. The number of halogens is 2. The van der Waals surface area contributed by atoms with Gasteiger partial charge in [-0.3, -0.25) is 0 Å². The first-order chi connectivity index (χ1) is 9.99. The van der Waals surface area contributed by atoms with Gasteiger partial charge in [-0.2, -0.15) is 5.10 Å². The van der Waals surface area contributed by atoms with Gasteiger partial charge >= 0.3 is 5.97 Å². The van der Waals surface area contributed by atoms with Crippen molar-refractivity contribution in [1.29, 1.82) is 0 Å². The molecular weight excluding hydrogens is 315 g/mol. The molecule has 0 amide bonds. The summed E-state index contributed by atoms with van der Waals surface area (Å²) in [6.07, 6.45) is 0. The van der Waals surface area contributed by atoms with E-state index in [9.17, 15) is 4.79 Å². The van der Waals surface area contributed by atoms with Crippen LogP contribution in [-0.4, -0.2) is 29.5 Å². The molecule has 0 aliphatic carbocycles. The minimum absolute atomic E-state index is 0.114. The van der Waals surface area contributed by atoms with Crippen molar-refractivity contribution in [1.82, 2.24) is 9.78 Å². The Morgan fingerprint density at radius 3 is 2.71 bits per heavy atom. The van der Waals surface area contributed by atoms with E-state index in [4.69, 9.17) is 32.7 Å². The van der Waals surface area contributed by atoms with Crippen LogP contribution >= 0.6 is 23.2 Å². The van der Waals surface area contributed by atoms with Crippen LogP contribution in [0.5, 0.6) is 5.88 Å². The summed E-state index contributed by atoms with van der Waals surface area (Å²) in [5, 5.41) is 5.25. The average Bonchev–Trinajstić information content (AvgIpc) is 2.74. The van der Waals surface area contributed by atoms with E-state index in [-0.39, 0.29) is 6.61 Å². The molecule has 0 aliphatic heterocycles. The first-order valence-electron chi connectivity index (χ1n) is 6.17. The summed E-state index contributed by atoms with van der Waals surface area (Å²) in [6.45, 7) is 2.12. The number of carbonyl (C=O) groups is 1. The third-order valence-corrected chi connectivity index (χ3v) is 3.40. The molecule has 1 heterocycles. The zero-order valence-corrected chi connectivity index (χ0v) is 13.1. The molecule has 0 aliphatic rings. The Hall–Kier alpha value is -1.56. The number of hydrogen-bond donors (Lipinski definition) is 0. The fourth-order valence-electron chi connectivity index (χ4n) is 1.79. The Balaban J connectivity index is 2.19. The maximum absolute atomic E-state index is 11.5. The Morgan fingerprint density at radius 2 is 2.05 bits per heavy atom. The zero-order chi connectivity index (χ0) is 15.4. The number of methoxy groups -OCH3 is 1. The number of hydrogen-bond acceptors (Lipinski definition) is 4. The summed E-state index contributed by atoms with van der Waals surface area (Å²) < 4.78 is 11.5. The van der Waals surface area contributed by atoms with E-state index in [1.54, 1.807) is 22.9 Å². The first-order valence-corrected chi connectivity index (χ1v) is 6.93. The second kappa shape index (κ2) is 6.93. The molecule has 0 unspecified atom stereocenters. The third kappa shape index (κ3) is 4.20. The summed E-state index contributed by atoms with van der Waals surface area (Å²) in [5.74, 6) is -0.117.